The van der Waals surface area contributed by atoms with Crippen molar-refractivity contribution in [1.29, 1.82) is 0 Å². The monoisotopic (exact) mass is 297 g/mol. The number of benzene rings is 1. The van der Waals surface area contributed by atoms with E-state index in [9.17, 15) is 9.90 Å². The number of hydrogen-bond acceptors (Lipinski definition) is 5. The fraction of sp³-hybridized carbons (Fsp3) is 0.533. The van der Waals surface area contributed by atoms with Crippen molar-refractivity contribution in [1.82, 2.24) is 5.32 Å². The van der Waals surface area contributed by atoms with Gasteiger partial charge in [0.25, 0.3) is 5.91 Å². The number of carbonyl (C=O) groups is 1. The van der Waals surface area contributed by atoms with E-state index in [1.165, 1.54) is 21.3 Å². The summed E-state index contributed by atoms with van der Waals surface area (Å²) in [7, 11) is 4.45. The lowest BCUT2D eigenvalue weighted by Crippen LogP contribution is -2.48. The molecule has 0 aliphatic rings. The molecule has 1 amide bonds. The average Bonchev–Trinajstić information content (AvgIpc) is 2.52. The number of rotatable bonds is 7. The number of aliphatic hydroxyl groups is 1. The van der Waals surface area contributed by atoms with Crippen molar-refractivity contribution in [3.05, 3.63) is 17.7 Å². The van der Waals surface area contributed by atoms with Crippen LogP contribution in [0.5, 0.6) is 17.2 Å². The summed E-state index contributed by atoms with van der Waals surface area (Å²) < 4.78 is 15.7. The third-order valence-electron chi connectivity index (χ3n) is 3.49. The predicted molar refractivity (Wildman–Crippen MR) is 79.3 cm³/mol. The van der Waals surface area contributed by atoms with Crippen LogP contribution in [0, 0.1) is 0 Å². The molecule has 1 rings (SSSR count). The molecule has 0 saturated heterocycles. The number of aliphatic hydroxyl groups excluding tert-OH is 1. The Kier molecular flexibility index (Phi) is 5.84. The number of methoxy groups -OCH3 is 3. The molecule has 0 saturated carbocycles. The second kappa shape index (κ2) is 7.17. The van der Waals surface area contributed by atoms with Gasteiger partial charge in [-0.2, -0.15) is 0 Å². The molecular formula is C15H23NO5. The Bertz CT molecular complexity index is 497. The highest BCUT2D eigenvalue weighted by Crippen LogP contribution is 2.39. The van der Waals surface area contributed by atoms with E-state index >= 15 is 0 Å². The van der Waals surface area contributed by atoms with Crippen LogP contribution in [0.3, 0.4) is 0 Å². The molecule has 2 N–H and O–H groups in total. The number of carbonyl (C=O) groups excluding carboxylic acids is 1. The van der Waals surface area contributed by atoms with Gasteiger partial charge in [0.15, 0.2) is 11.5 Å². The molecule has 1 aromatic rings. The smallest absolute Gasteiger partial charge is 0.255 e. The second-order valence-corrected chi connectivity index (χ2v) is 4.91. The first-order valence-corrected chi connectivity index (χ1v) is 6.68. The number of hydrogen-bond donors (Lipinski definition) is 2. The van der Waals surface area contributed by atoms with Gasteiger partial charge in [0, 0.05) is 0 Å². The second-order valence-electron chi connectivity index (χ2n) is 4.91. The van der Waals surface area contributed by atoms with E-state index in [0.717, 1.165) is 0 Å². The van der Waals surface area contributed by atoms with Crippen LogP contribution in [-0.2, 0) is 0 Å². The maximum absolute atomic E-state index is 12.4. The van der Waals surface area contributed by atoms with Gasteiger partial charge < -0.3 is 24.6 Å². The maximum atomic E-state index is 12.4. The van der Waals surface area contributed by atoms with Crippen molar-refractivity contribution >= 4 is 5.91 Å². The fourth-order valence-electron chi connectivity index (χ4n) is 1.86. The zero-order chi connectivity index (χ0) is 16.0. The van der Waals surface area contributed by atoms with E-state index < -0.39 is 5.54 Å². The third kappa shape index (κ3) is 3.58. The third-order valence-corrected chi connectivity index (χ3v) is 3.49. The molecule has 1 atom stereocenters. The molecule has 0 aromatic heterocycles. The van der Waals surface area contributed by atoms with Gasteiger partial charge in [-0.15, -0.1) is 0 Å². The van der Waals surface area contributed by atoms with E-state index in [-0.39, 0.29) is 12.5 Å². The summed E-state index contributed by atoms with van der Waals surface area (Å²) >= 11 is 0. The van der Waals surface area contributed by atoms with Crippen LogP contribution in [-0.4, -0.2) is 44.5 Å². The molecule has 118 valence electrons. The highest BCUT2D eigenvalue weighted by Gasteiger charge is 2.27. The minimum absolute atomic E-state index is 0.148. The van der Waals surface area contributed by atoms with E-state index in [0.29, 0.717) is 29.2 Å². The molecule has 0 fully saturated rings. The lowest BCUT2D eigenvalue weighted by atomic mass is 9.99. The summed E-state index contributed by atoms with van der Waals surface area (Å²) in [6.45, 7) is 3.52. The minimum atomic E-state index is -0.685. The first-order chi connectivity index (χ1) is 9.96. The van der Waals surface area contributed by atoms with E-state index in [1.54, 1.807) is 19.1 Å². The van der Waals surface area contributed by atoms with Crippen LogP contribution < -0.4 is 19.5 Å². The summed E-state index contributed by atoms with van der Waals surface area (Å²) in [5, 5.41) is 12.2. The van der Waals surface area contributed by atoms with Crippen LogP contribution in [0.15, 0.2) is 12.1 Å². The maximum Gasteiger partial charge on any atom is 0.255 e. The summed E-state index contributed by atoms with van der Waals surface area (Å²) in [5.41, 5.74) is -0.363. The lowest BCUT2D eigenvalue weighted by Gasteiger charge is -2.27. The fourth-order valence-corrected chi connectivity index (χ4v) is 1.86. The Balaban J connectivity index is 3.21. The standard InChI is InChI=1S/C15H23NO5/c1-6-15(2,9-17)16-14(18)10-7-8-11(19-3)13(21-5)12(10)20-4/h7-8,17H,6,9H2,1-5H3,(H,16,18). The van der Waals surface area contributed by atoms with Crippen LogP contribution in [0.1, 0.15) is 30.6 Å². The topological polar surface area (TPSA) is 77.0 Å². The van der Waals surface area contributed by atoms with Crippen molar-refractivity contribution in [2.24, 2.45) is 0 Å². The Morgan fingerprint density at radius 1 is 1.19 bits per heavy atom. The predicted octanol–water partition coefficient (Wildman–Crippen LogP) is 1.60. The van der Waals surface area contributed by atoms with Gasteiger partial charge in [0.2, 0.25) is 5.75 Å². The molecule has 0 spiro atoms. The van der Waals surface area contributed by atoms with Crippen molar-refractivity contribution in [2.45, 2.75) is 25.8 Å². The number of amides is 1. The van der Waals surface area contributed by atoms with Gasteiger partial charge in [-0.05, 0) is 25.5 Å². The van der Waals surface area contributed by atoms with Crippen LogP contribution in [0.2, 0.25) is 0 Å². The molecule has 6 nitrogen and oxygen atoms in total. The summed E-state index contributed by atoms with van der Waals surface area (Å²) in [6.07, 6.45) is 0.602. The highest BCUT2D eigenvalue weighted by atomic mass is 16.5. The SMILES string of the molecule is CCC(C)(CO)NC(=O)c1ccc(OC)c(OC)c1OC. The quantitative estimate of drug-likeness (QED) is 0.799. The molecule has 1 unspecified atom stereocenters. The van der Waals surface area contributed by atoms with Gasteiger partial charge in [-0.3, -0.25) is 4.79 Å². The molecule has 0 bridgehead atoms. The minimum Gasteiger partial charge on any atom is -0.493 e. The summed E-state index contributed by atoms with van der Waals surface area (Å²) in [5.74, 6) is 0.790. The van der Waals surface area contributed by atoms with E-state index in [4.69, 9.17) is 14.2 Å². The Morgan fingerprint density at radius 3 is 2.24 bits per heavy atom. The lowest BCUT2D eigenvalue weighted by molar-refractivity contribution is 0.0843. The largest absolute Gasteiger partial charge is 0.493 e. The molecule has 6 heteroatoms. The van der Waals surface area contributed by atoms with Crippen molar-refractivity contribution < 1.29 is 24.1 Å². The Hall–Kier alpha value is -1.95. The zero-order valence-electron chi connectivity index (χ0n) is 13.1. The Labute approximate surface area is 125 Å². The van der Waals surface area contributed by atoms with Gasteiger partial charge in [0.05, 0.1) is 39.0 Å². The first-order valence-electron chi connectivity index (χ1n) is 6.68. The summed E-state index contributed by atoms with van der Waals surface area (Å²) in [6, 6.07) is 3.24. The van der Waals surface area contributed by atoms with E-state index in [1.807, 2.05) is 6.92 Å². The molecule has 0 radical (unpaired) electrons. The normalized spacial score (nSPS) is 13.2. The van der Waals surface area contributed by atoms with Gasteiger partial charge in [-0.25, -0.2) is 0 Å². The van der Waals surface area contributed by atoms with Crippen LogP contribution in [0.25, 0.3) is 0 Å². The van der Waals surface area contributed by atoms with Crippen LogP contribution >= 0.6 is 0 Å². The van der Waals surface area contributed by atoms with Gasteiger partial charge in [-0.1, -0.05) is 6.92 Å². The molecule has 1 aromatic carbocycles. The molecule has 0 aliphatic heterocycles. The number of ether oxygens (including phenoxy) is 3. The average molecular weight is 297 g/mol. The number of nitrogens with one attached hydrogen (secondary N) is 1. The highest BCUT2D eigenvalue weighted by molar-refractivity contribution is 5.98. The Morgan fingerprint density at radius 2 is 1.81 bits per heavy atom. The van der Waals surface area contributed by atoms with Crippen molar-refractivity contribution in [3.63, 3.8) is 0 Å². The molecule has 0 aliphatic carbocycles. The zero-order valence-corrected chi connectivity index (χ0v) is 13.1. The molecule has 21 heavy (non-hydrogen) atoms. The summed E-state index contributed by atoms with van der Waals surface area (Å²) in [4.78, 5) is 12.4. The molecular weight excluding hydrogens is 274 g/mol. The van der Waals surface area contributed by atoms with E-state index in [2.05, 4.69) is 5.32 Å². The van der Waals surface area contributed by atoms with Gasteiger partial charge in [0.1, 0.15) is 0 Å². The van der Waals surface area contributed by atoms with Gasteiger partial charge >= 0.3 is 0 Å². The van der Waals surface area contributed by atoms with Crippen molar-refractivity contribution in [3.8, 4) is 17.2 Å². The van der Waals surface area contributed by atoms with Crippen LogP contribution in [0.4, 0.5) is 0 Å². The van der Waals surface area contributed by atoms with Crippen molar-refractivity contribution in [2.75, 3.05) is 27.9 Å². The first kappa shape index (κ1) is 17.1. The molecule has 0 heterocycles.